The Bertz CT molecular complexity index is 1480. The zero-order valence-electron chi connectivity index (χ0n) is 26.1. The Kier molecular flexibility index (Phi) is 14.8. The van der Waals surface area contributed by atoms with Gasteiger partial charge < -0.3 is 19.9 Å². The van der Waals surface area contributed by atoms with Crippen LogP contribution in [-0.4, -0.2) is 84.6 Å². The Balaban J connectivity index is 0.00000736. The van der Waals surface area contributed by atoms with Crippen LogP contribution in [0.1, 0.15) is 53.0 Å². The van der Waals surface area contributed by atoms with Gasteiger partial charge in [-0.25, -0.2) is 13.9 Å². The molecular weight excluding hydrogens is 631 g/mol. The number of nitrogens with zero attached hydrogens (tertiary/aromatic N) is 1. The van der Waals surface area contributed by atoms with Crippen molar-refractivity contribution in [3.05, 3.63) is 65.2 Å². The second-order valence-electron chi connectivity index (χ2n) is 11.1. The number of likely N-dealkylation sites (N-methyl/N-ethyl adjacent to an activating group) is 1. The molecule has 4 N–H and O–H groups in total. The van der Waals surface area contributed by atoms with Crippen LogP contribution in [0.25, 0.3) is 0 Å². The molecule has 2 aromatic rings. The number of hydroxylamine groups is 1. The third kappa shape index (κ3) is 10.6. The Morgan fingerprint density at radius 2 is 1.52 bits per heavy atom. The first-order valence-corrected chi connectivity index (χ1v) is 15.9. The van der Waals surface area contributed by atoms with Crippen molar-refractivity contribution in [2.45, 2.75) is 39.2 Å². The van der Waals surface area contributed by atoms with Crippen LogP contribution in [0.3, 0.4) is 0 Å². The topological polar surface area (TPSA) is 211 Å². The molecule has 1 aliphatic heterocycles. The van der Waals surface area contributed by atoms with Crippen molar-refractivity contribution in [1.82, 2.24) is 21.0 Å². The summed E-state index contributed by atoms with van der Waals surface area (Å²) in [6.45, 7) is 3.17. The summed E-state index contributed by atoms with van der Waals surface area (Å²) in [6.07, 6.45) is 0.204. The predicted octanol–water partition coefficient (Wildman–Crippen LogP) is -2.14. The van der Waals surface area contributed by atoms with Crippen molar-refractivity contribution in [2.75, 3.05) is 26.0 Å². The first-order valence-electron chi connectivity index (χ1n) is 14.3. The number of nitrogens with one attached hydrogen (secondary N) is 3. The molecule has 0 saturated heterocycles. The molecule has 0 fully saturated rings. The number of benzene rings is 2. The third-order valence-electron chi connectivity index (χ3n) is 7.30. The maximum atomic E-state index is 13.8. The number of hydrogen-bond donors (Lipinski definition) is 4. The van der Waals surface area contributed by atoms with Crippen LogP contribution in [0.4, 0.5) is 0 Å². The number of ether oxygens (including phenoxy) is 1. The molecule has 0 aromatic heterocycles. The van der Waals surface area contributed by atoms with Crippen LogP contribution >= 0.6 is 0 Å². The molecule has 1 aliphatic rings. The summed E-state index contributed by atoms with van der Waals surface area (Å²) < 4.78 is 37.7. The molecule has 3 rings (SSSR count). The maximum absolute atomic E-state index is 13.8. The molecule has 0 aliphatic carbocycles. The van der Waals surface area contributed by atoms with Gasteiger partial charge in [0, 0.05) is 25.8 Å². The Labute approximate surface area is 289 Å². The van der Waals surface area contributed by atoms with Crippen LogP contribution in [0.15, 0.2) is 48.5 Å². The van der Waals surface area contributed by atoms with Crippen molar-refractivity contribution in [3.8, 4) is 5.75 Å². The van der Waals surface area contributed by atoms with E-state index < -0.39 is 69.8 Å². The van der Waals surface area contributed by atoms with Crippen molar-refractivity contribution >= 4 is 39.7 Å². The van der Waals surface area contributed by atoms with Crippen molar-refractivity contribution < 1.29 is 76.4 Å². The summed E-state index contributed by atoms with van der Waals surface area (Å²) in [5.41, 5.74) is 2.52. The SMILES string of the molecule is CNC(=O)[C@H](Cc1ccc(OCCCS(=O)(=O)[O-])cc1)NC(=O)[C@@H](CC(C)C)C(CN1C(=O)c2ccccc2C1=O)C(=O)NO.[Na+]. The van der Waals surface area contributed by atoms with Gasteiger partial charge >= 0.3 is 29.6 Å². The summed E-state index contributed by atoms with van der Waals surface area (Å²) in [5, 5.41) is 14.7. The molecular formula is C30H37N4NaO10S. The number of rotatable bonds is 16. The van der Waals surface area contributed by atoms with E-state index >= 15 is 0 Å². The van der Waals surface area contributed by atoms with Crippen molar-refractivity contribution in [2.24, 2.45) is 17.8 Å². The van der Waals surface area contributed by atoms with E-state index in [9.17, 15) is 42.2 Å². The fraction of sp³-hybridized carbons (Fsp3) is 0.433. The Morgan fingerprint density at radius 3 is 2.02 bits per heavy atom. The van der Waals surface area contributed by atoms with Crippen LogP contribution in [0.2, 0.25) is 0 Å². The average Bonchev–Trinajstić information content (AvgIpc) is 3.24. The molecule has 46 heavy (non-hydrogen) atoms. The molecule has 1 heterocycles. The zero-order valence-corrected chi connectivity index (χ0v) is 29.0. The summed E-state index contributed by atoms with van der Waals surface area (Å²) in [6, 6.07) is 11.6. The molecule has 16 heteroatoms. The largest absolute Gasteiger partial charge is 1.00 e. The summed E-state index contributed by atoms with van der Waals surface area (Å²) in [4.78, 5) is 66.5. The van der Waals surface area contributed by atoms with E-state index in [-0.39, 0.29) is 72.5 Å². The van der Waals surface area contributed by atoms with Gasteiger partial charge in [-0.15, -0.1) is 0 Å². The molecule has 0 saturated carbocycles. The number of fused-ring (bicyclic) bond motifs is 1. The molecule has 1 unspecified atom stereocenters. The molecule has 0 spiro atoms. The predicted molar refractivity (Wildman–Crippen MR) is 159 cm³/mol. The van der Waals surface area contributed by atoms with E-state index in [1.807, 2.05) is 13.8 Å². The minimum Gasteiger partial charge on any atom is -0.748 e. The van der Waals surface area contributed by atoms with E-state index in [0.29, 0.717) is 11.3 Å². The van der Waals surface area contributed by atoms with Crippen molar-refractivity contribution in [1.29, 1.82) is 0 Å². The van der Waals surface area contributed by atoms with Gasteiger partial charge in [-0.3, -0.25) is 34.1 Å². The normalized spacial score (nSPS) is 14.5. The van der Waals surface area contributed by atoms with Gasteiger partial charge in [-0.1, -0.05) is 38.1 Å². The second-order valence-corrected chi connectivity index (χ2v) is 12.6. The first-order chi connectivity index (χ1) is 21.2. The van der Waals surface area contributed by atoms with Gasteiger partial charge in [0.05, 0.1) is 39.7 Å². The third-order valence-corrected chi connectivity index (χ3v) is 8.09. The standard InChI is InChI=1S/C30H38N4O10S.Na/c1-18(2)15-23(24(27(36)33-40)17-34-29(38)21-7-4-5-8-22(21)30(34)39)26(35)32-25(28(37)31-3)16-19-9-11-20(12-10-19)44-13-6-14-45(41,42)43;/h4-5,7-12,18,23-25,40H,6,13-17H2,1-3H3,(H,31,37)(H,32,35)(H,33,36)(H,41,42,43);/q;+1/p-1/t23-,24?,25-;/m0./s1. The van der Waals surface area contributed by atoms with Gasteiger partial charge in [0.15, 0.2) is 0 Å². The monoisotopic (exact) mass is 668 g/mol. The van der Waals surface area contributed by atoms with Crippen LogP contribution in [-0.2, 0) is 30.9 Å². The minimum absolute atomic E-state index is 0. The number of carbonyl (C=O) groups is 5. The fourth-order valence-electron chi connectivity index (χ4n) is 5.08. The minimum atomic E-state index is -4.34. The molecule has 0 radical (unpaired) electrons. The number of hydrogen-bond acceptors (Lipinski definition) is 10. The van der Waals surface area contributed by atoms with E-state index in [4.69, 9.17) is 4.74 Å². The Hall–Kier alpha value is -3.34. The van der Waals surface area contributed by atoms with E-state index in [0.717, 1.165) is 4.90 Å². The van der Waals surface area contributed by atoms with Gasteiger partial charge in [0.25, 0.3) is 11.8 Å². The van der Waals surface area contributed by atoms with Crippen LogP contribution < -0.4 is 50.4 Å². The number of imide groups is 1. The zero-order chi connectivity index (χ0) is 33.3. The first kappa shape index (κ1) is 38.8. The molecule has 14 nitrogen and oxygen atoms in total. The van der Waals surface area contributed by atoms with E-state index in [2.05, 4.69) is 10.6 Å². The smallest absolute Gasteiger partial charge is 0.748 e. The van der Waals surface area contributed by atoms with E-state index in [1.54, 1.807) is 41.9 Å². The summed E-state index contributed by atoms with van der Waals surface area (Å²) in [5.74, 6) is -6.16. The molecule has 2 aromatic carbocycles. The van der Waals surface area contributed by atoms with Gasteiger partial charge in [-0.05, 0) is 48.6 Å². The number of amides is 5. The Morgan fingerprint density at radius 1 is 0.935 bits per heavy atom. The molecule has 244 valence electrons. The van der Waals surface area contributed by atoms with Gasteiger partial charge in [-0.2, -0.15) is 0 Å². The molecule has 5 amide bonds. The fourth-order valence-corrected chi connectivity index (χ4v) is 5.56. The summed E-state index contributed by atoms with van der Waals surface area (Å²) >= 11 is 0. The van der Waals surface area contributed by atoms with Crippen molar-refractivity contribution in [3.63, 3.8) is 0 Å². The average molecular weight is 669 g/mol. The number of carbonyl (C=O) groups excluding carboxylic acids is 5. The summed E-state index contributed by atoms with van der Waals surface area (Å²) in [7, 11) is -2.94. The van der Waals surface area contributed by atoms with Crippen LogP contribution in [0.5, 0.6) is 5.75 Å². The quantitative estimate of drug-likeness (QED) is 0.0381. The van der Waals surface area contributed by atoms with E-state index in [1.165, 1.54) is 19.2 Å². The van der Waals surface area contributed by atoms with Gasteiger partial charge in [0.2, 0.25) is 17.7 Å². The molecule has 0 bridgehead atoms. The molecule has 3 atom stereocenters. The van der Waals surface area contributed by atoms with Gasteiger partial charge in [0.1, 0.15) is 11.8 Å². The van der Waals surface area contributed by atoms with Crippen LogP contribution in [0, 0.1) is 17.8 Å². The maximum Gasteiger partial charge on any atom is 1.00 e. The second kappa shape index (κ2) is 17.5.